The van der Waals surface area contributed by atoms with Crippen LogP contribution in [-0.2, 0) is 4.79 Å². The summed E-state index contributed by atoms with van der Waals surface area (Å²) >= 11 is 0. The average Bonchev–Trinajstić information content (AvgIpc) is 2.88. The number of amides is 1. The number of benzene rings is 4. The van der Waals surface area contributed by atoms with Crippen LogP contribution in [0.5, 0.6) is 0 Å². The quantitative estimate of drug-likeness (QED) is 0.195. The van der Waals surface area contributed by atoms with Gasteiger partial charge in [-0.25, -0.2) is 0 Å². The van der Waals surface area contributed by atoms with Crippen molar-refractivity contribution < 1.29 is 4.79 Å². The number of para-hydroxylation sites is 1. The van der Waals surface area contributed by atoms with Crippen LogP contribution in [0.4, 0.5) is 5.69 Å². The van der Waals surface area contributed by atoms with E-state index in [0.717, 1.165) is 21.2 Å². The van der Waals surface area contributed by atoms with Gasteiger partial charge < -0.3 is 4.90 Å². The minimum atomic E-state index is -2.96. The Balaban J connectivity index is 2.03. The summed E-state index contributed by atoms with van der Waals surface area (Å²) < 4.78 is 0. The molecule has 1 amide bonds. The fraction of sp³-hybridized carbons (Fsp3) is 0.0345. The van der Waals surface area contributed by atoms with Crippen molar-refractivity contribution in [3.8, 4) is 0 Å². The third-order valence-electron chi connectivity index (χ3n) is 5.83. The summed E-state index contributed by atoms with van der Waals surface area (Å²) in [4.78, 5) is 15.8. The largest absolute Gasteiger partial charge is 0.311 e. The minimum absolute atomic E-state index is 0.0885. The van der Waals surface area contributed by atoms with Crippen molar-refractivity contribution in [3.05, 3.63) is 139 Å². The van der Waals surface area contributed by atoms with E-state index in [9.17, 15) is 4.79 Å². The predicted molar refractivity (Wildman–Crippen MR) is 136 cm³/mol. The third-order valence-corrected chi connectivity index (χ3v) is 10.6. The van der Waals surface area contributed by atoms with Crippen molar-refractivity contribution in [2.75, 3.05) is 11.9 Å². The monoisotopic (exact) mass is 431 g/mol. The highest BCUT2D eigenvalue weighted by molar-refractivity contribution is 7.18. The molecule has 0 unspecified atom stereocenters. The first-order chi connectivity index (χ1) is 15.7. The van der Waals surface area contributed by atoms with Crippen LogP contribution in [0.1, 0.15) is 0 Å². The van der Waals surface area contributed by atoms with Crippen LogP contribution in [0, 0.1) is 0 Å². The Kier molecular flexibility index (Phi) is 6.32. The van der Waals surface area contributed by atoms with Gasteiger partial charge in [0, 0.05) is 12.7 Å². The van der Waals surface area contributed by atoms with Gasteiger partial charge in [0.1, 0.15) is 0 Å². The molecule has 0 heterocycles. The summed E-state index contributed by atoms with van der Waals surface area (Å²) in [6.45, 7) is 4.03. The van der Waals surface area contributed by atoms with Gasteiger partial charge in [0.2, 0.25) is 0 Å². The Bertz CT molecular complexity index is 1130. The molecule has 4 rings (SSSR count). The summed E-state index contributed by atoms with van der Waals surface area (Å²) in [5.41, 5.74) is 3.96. The molecule has 0 fully saturated rings. The number of likely N-dealkylation sites (N-methyl/N-ethyl adjacent to an activating group) is 1. The SMILES string of the molecule is C=C=C(C(=O)N(C)c1ccccc1)[Si](c1ccccc1)(c1ccccc1)c1ccccc1. The molecular weight excluding hydrogens is 406 g/mol. The van der Waals surface area contributed by atoms with E-state index < -0.39 is 8.07 Å². The molecule has 0 atom stereocenters. The van der Waals surface area contributed by atoms with Gasteiger partial charge in [-0.05, 0) is 27.7 Å². The third kappa shape index (κ3) is 3.76. The number of carbonyl (C=O) groups is 1. The second-order valence-electron chi connectivity index (χ2n) is 7.60. The van der Waals surface area contributed by atoms with Crippen LogP contribution in [0.25, 0.3) is 0 Å². The molecule has 0 radical (unpaired) electrons. The van der Waals surface area contributed by atoms with Gasteiger partial charge >= 0.3 is 0 Å². The number of anilines is 1. The predicted octanol–water partition coefficient (Wildman–Crippen LogP) is 4.07. The maximum atomic E-state index is 14.1. The lowest BCUT2D eigenvalue weighted by atomic mass is 10.3. The van der Waals surface area contributed by atoms with Crippen LogP contribution >= 0.6 is 0 Å². The molecule has 32 heavy (non-hydrogen) atoms. The lowest BCUT2D eigenvalue weighted by molar-refractivity contribution is -0.114. The summed E-state index contributed by atoms with van der Waals surface area (Å²) in [5.74, 6) is -0.0885. The van der Waals surface area contributed by atoms with Gasteiger partial charge in [0.05, 0.1) is 5.20 Å². The summed E-state index contributed by atoms with van der Waals surface area (Å²) in [5, 5.41) is 3.99. The van der Waals surface area contributed by atoms with Crippen LogP contribution in [0.2, 0.25) is 0 Å². The molecule has 156 valence electrons. The normalized spacial score (nSPS) is 10.8. The number of hydrogen-bond donors (Lipinski definition) is 0. The second kappa shape index (κ2) is 9.48. The standard InChI is InChI=1S/C29H25NOSi/c1-3-28(29(31)30(2)24-16-8-4-9-17-24)32(25-18-10-5-11-19-25,26-20-12-6-13-21-26)27-22-14-7-15-23-27/h4-23H,1H2,2H3. The fourth-order valence-corrected chi connectivity index (χ4v) is 9.00. The highest BCUT2D eigenvalue weighted by Crippen LogP contribution is 2.21. The van der Waals surface area contributed by atoms with E-state index in [4.69, 9.17) is 0 Å². The van der Waals surface area contributed by atoms with Crippen LogP contribution in [0.15, 0.2) is 139 Å². The molecule has 4 aromatic rings. The Hall–Kier alpha value is -3.91. The molecule has 0 aliphatic carbocycles. The maximum absolute atomic E-state index is 14.1. The van der Waals surface area contributed by atoms with Gasteiger partial charge in [-0.15, -0.1) is 5.73 Å². The first-order valence-corrected chi connectivity index (χ1v) is 12.6. The van der Waals surface area contributed by atoms with E-state index in [1.807, 2.05) is 92.0 Å². The first kappa shape index (κ1) is 21.3. The van der Waals surface area contributed by atoms with Crippen molar-refractivity contribution in [2.45, 2.75) is 0 Å². The number of nitrogens with zero attached hydrogens (tertiary/aromatic N) is 1. The van der Waals surface area contributed by atoms with Gasteiger partial charge in [-0.3, -0.25) is 4.79 Å². The van der Waals surface area contributed by atoms with E-state index in [1.165, 1.54) is 0 Å². The number of rotatable bonds is 6. The van der Waals surface area contributed by atoms with E-state index >= 15 is 0 Å². The molecule has 0 saturated carbocycles. The van der Waals surface area contributed by atoms with Gasteiger partial charge in [-0.2, -0.15) is 0 Å². The lowest BCUT2D eigenvalue weighted by Crippen LogP contribution is -2.70. The van der Waals surface area contributed by atoms with Gasteiger partial charge in [-0.1, -0.05) is 116 Å². The zero-order valence-corrected chi connectivity index (χ0v) is 19.1. The van der Waals surface area contributed by atoms with E-state index in [1.54, 1.807) is 4.90 Å². The van der Waals surface area contributed by atoms with Crippen molar-refractivity contribution in [1.82, 2.24) is 0 Å². The molecule has 0 bridgehead atoms. The minimum Gasteiger partial charge on any atom is -0.311 e. The van der Waals surface area contributed by atoms with Crippen LogP contribution in [-0.4, -0.2) is 21.0 Å². The molecule has 0 aromatic heterocycles. The molecule has 0 aliphatic rings. The molecule has 3 heteroatoms. The van der Waals surface area contributed by atoms with Gasteiger partial charge in [0.25, 0.3) is 5.91 Å². The lowest BCUT2D eigenvalue weighted by Gasteiger charge is -2.35. The van der Waals surface area contributed by atoms with Crippen LogP contribution < -0.4 is 20.5 Å². The number of hydrogen-bond acceptors (Lipinski definition) is 1. The zero-order chi connectivity index (χ0) is 22.4. The highest BCUT2D eigenvalue weighted by atomic mass is 28.3. The molecule has 0 saturated heterocycles. The Morgan fingerprint density at radius 3 is 1.34 bits per heavy atom. The maximum Gasteiger partial charge on any atom is 0.258 e. The first-order valence-electron chi connectivity index (χ1n) is 10.6. The summed E-state index contributed by atoms with van der Waals surface area (Å²) in [7, 11) is -1.15. The molecule has 4 aromatic carbocycles. The van der Waals surface area contributed by atoms with Crippen molar-refractivity contribution in [3.63, 3.8) is 0 Å². The smallest absolute Gasteiger partial charge is 0.258 e. The second-order valence-corrected chi connectivity index (χ2v) is 11.3. The zero-order valence-electron chi connectivity index (χ0n) is 18.1. The Morgan fingerprint density at radius 1 is 0.656 bits per heavy atom. The molecule has 2 nitrogen and oxygen atoms in total. The average molecular weight is 432 g/mol. The Morgan fingerprint density at radius 2 is 1.00 bits per heavy atom. The summed E-state index contributed by atoms with van der Waals surface area (Å²) in [6.07, 6.45) is 0. The van der Waals surface area contributed by atoms with Crippen molar-refractivity contribution in [2.24, 2.45) is 0 Å². The van der Waals surface area contributed by atoms with E-state index in [0.29, 0.717) is 5.20 Å². The van der Waals surface area contributed by atoms with Crippen molar-refractivity contribution in [1.29, 1.82) is 0 Å². The topological polar surface area (TPSA) is 20.3 Å². The van der Waals surface area contributed by atoms with Crippen LogP contribution in [0.3, 0.4) is 0 Å². The molecular formula is C29H25NOSi. The molecule has 0 spiro atoms. The van der Waals surface area contributed by atoms with Gasteiger partial charge in [0.15, 0.2) is 8.07 Å². The van der Waals surface area contributed by atoms with E-state index in [-0.39, 0.29) is 5.91 Å². The molecule has 0 aliphatic heterocycles. The van der Waals surface area contributed by atoms with Crippen molar-refractivity contribution >= 4 is 35.2 Å². The summed E-state index contributed by atoms with van der Waals surface area (Å²) in [6, 6.07) is 40.7. The Labute approximate surface area is 190 Å². The fourth-order valence-electron chi connectivity index (χ4n) is 4.30. The van der Waals surface area contributed by atoms with E-state index in [2.05, 4.69) is 48.7 Å². The molecule has 0 N–H and O–H groups in total. The highest BCUT2D eigenvalue weighted by Gasteiger charge is 2.47. The number of carbonyl (C=O) groups excluding carboxylic acids is 1.